The number of benzene rings is 1. The van der Waals surface area contributed by atoms with Crippen LogP contribution in [0.25, 0.3) is 0 Å². The van der Waals surface area contributed by atoms with Crippen molar-refractivity contribution in [3.05, 3.63) is 29.8 Å². The maximum absolute atomic E-state index is 11.5. The highest BCUT2D eigenvalue weighted by Gasteiger charge is 2.06. The standard InChI is InChI=1S/C13H17NO4/c1-3-9(2)18-8-12(15)14-11-6-4-10(5-7-11)13(16)17/h4-7,9H,3,8H2,1-2H3,(H,14,15)(H,16,17). The molecule has 98 valence electrons. The van der Waals surface area contributed by atoms with Crippen molar-refractivity contribution >= 4 is 17.6 Å². The lowest BCUT2D eigenvalue weighted by Gasteiger charge is -2.10. The summed E-state index contributed by atoms with van der Waals surface area (Å²) in [7, 11) is 0. The first-order valence-corrected chi connectivity index (χ1v) is 5.77. The van der Waals surface area contributed by atoms with Gasteiger partial charge in [-0.25, -0.2) is 4.79 Å². The third kappa shape index (κ3) is 4.55. The Morgan fingerprint density at radius 3 is 2.44 bits per heavy atom. The van der Waals surface area contributed by atoms with Crippen LogP contribution in [0.1, 0.15) is 30.6 Å². The minimum absolute atomic E-state index is 0.00428. The fourth-order valence-corrected chi connectivity index (χ4v) is 1.23. The molecule has 1 aromatic carbocycles. The summed E-state index contributed by atoms with van der Waals surface area (Å²) < 4.78 is 5.28. The van der Waals surface area contributed by atoms with E-state index in [0.29, 0.717) is 5.69 Å². The van der Waals surface area contributed by atoms with Crippen molar-refractivity contribution in [2.75, 3.05) is 11.9 Å². The van der Waals surface area contributed by atoms with Crippen molar-refractivity contribution in [2.45, 2.75) is 26.4 Å². The smallest absolute Gasteiger partial charge is 0.335 e. The zero-order valence-corrected chi connectivity index (χ0v) is 10.5. The van der Waals surface area contributed by atoms with Gasteiger partial charge in [-0.1, -0.05) is 6.92 Å². The number of carboxylic acids is 1. The van der Waals surface area contributed by atoms with E-state index in [4.69, 9.17) is 9.84 Å². The molecule has 0 heterocycles. The van der Waals surface area contributed by atoms with Crippen LogP contribution in [0.5, 0.6) is 0 Å². The minimum atomic E-state index is -0.993. The number of carbonyl (C=O) groups excluding carboxylic acids is 1. The molecule has 18 heavy (non-hydrogen) atoms. The van der Waals surface area contributed by atoms with E-state index >= 15 is 0 Å². The molecule has 2 N–H and O–H groups in total. The van der Waals surface area contributed by atoms with Crippen LogP contribution in [0.2, 0.25) is 0 Å². The first kappa shape index (κ1) is 14.2. The van der Waals surface area contributed by atoms with Crippen LogP contribution in [-0.2, 0) is 9.53 Å². The Kier molecular flexibility index (Phi) is 5.32. The number of ether oxygens (including phenoxy) is 1. The predicted molar refractivity (Wildman–Crippen MR) is 67.7 cm³/mol. The van der Waals surface area contributed by atoms with E-state index in [0.717, 1.165) is 6.42 Å². The van der Waals surface area contributed by atoms with Gasteiger partial charge in [-0.15, -0.1) is 0 Å². The number of nitrogens with one attached hydrogen (secondary N) is 1. The molecule has 0 aliphatic heterocycles. The van der Waals surface area contributed by atoms with Gasteiger partial charge in [0.05, 0.1) is 11.7 Å². The van der Waals surface area contributed by atoms with E-state index < -0.39 is 5.97 Å². The maximum atomic E-state index is 11.5. The van der Waals surface area contributed by atoms with Gasteiger partial charge in [-0.05, 0) is 37.6 Å². The molecule has 0 aliphatic carbocycles. The van der Waals surface area contributed by atoms with Crippen molar-refractivity contribution in [1.82, 2.24) is 0 Å². The number of anilines is 1. The van der Waals surface area contributed by atoms with Crippen molar-refractivity contribution < 1.29 is 19.4 Å². The topological polar surface area (TPSA) is 75.6 Å². The van der Waals surface area contributed by atoms with Crippen molar-refractivity contribution in [2.24, 2.45) is 0 Å². The van der Waals surface area contributed by atoms with Crippen LogP contribution in [0.3, 0.4) is 0 Å². The molecule has 1 aromatic rings. The number of rotatable bonds is 6. The molecule has 1 rings (SSSR count). The van der Waals surface area contributed by atoms with Gasteiger partial charge in [-0.2, -0.15) is 0 Å². The molecule has 5 heteroatoms. The highest BCUT2D eigenvalue weighted by Crippen LogP contribution is 2.09. The monoisotopic (exact) mass is 251 g/mol. The Balaban J connectivity index is 2.47. The highest BCUT2D eigenvalue weighted by molar-refractivity contribution is 5.93. The average molecular weight is 251 g/mol. The second kappa shape index (κ2) is 6.76. The van der Waals surface area contributed by atoms with Crippen LogP contribution < -0.4 is 5.32 Å². The molecule has 1 unspecified atom stereocenters. The molecule has 0 radical (unpaired) electrons. The molecular weight excluding hydrogens is 234 g/mol. The lowest BCUT2D eigenvalue weighted by atomic mass is 10.2. The van der Waals surface area contributed by atoms with Crippen LogP contribution in [0.4, 0.5) is 5.69 Å². The fraction of sp³-hybridized carbons (Fsp3) is 0.385. The Morgan fingerprint density at radius 2 is 1.94 bits per heavy atom. The van der Waals surface area contributed by atoms with Crippen molar-refractivity contribution in [3.63, 3.8) is 0 Å². The molecule has 0 saturated carbocycles. The van der Waals surface area contributed by atoms with E-state index in [2.05, 4.69) is 5.32 Å². The summed E-state index contributed by atoms with van der Waals surface area (Å²) in [6, 6.07) is 5.97. The molecule has 5 nitrogen and oxygen atoms in total. The second-order valence-corrected chi connectivity index (χ2v) is 3.96. The summed E-state index contributed by atoms with van der Waals surface area (Å²) in [5.41, 5.74) is 0.738. The van der Waals surface area contributed by atoms with Crippen molar-refractivity contribution in [1.29, 1.82) is 0 Å². The van der Waals surface area contributed by atoms with Crippen LogP contribution >= 0.6 is 0 Å². The van der Waals surface area contributed by atoms with E-state index in [1.165, 1.54) is 12.1 Å². The quantitative estimate of drug-likeness (QED) is 0.812. The summed E-state index contributed by atoms with van der Waals surface area (Å²) in [6.45, 7) is 3.87. The zero-order valence-electron chi connectivity index (χ0n) is 10.5. The Labute approximate surface area is 106 Å². The third-order valence-electron chi connectivity index (χ3n) is 2.49. The molecule has 1 atom stereocenters. The highest BCUT2D eigenvalue weighted by atomic mass is 16.5. The number of amides is 1. The third-order valence-corrected chi connectivity index (χ3v) is 2.49. The summed E-state index contributed by atoms with van der Waals surface area (Å²) in [5.74, 6) is -1.24. The summed E-state index contributed by atoms with van der Waals surface area (Å²) in [5, 5.41) is 11.4. The molecule has 1 amide bonds. The Hall–Kier alpha value is -1.88. The molecule has 0 aliphatic rings. The van der Waals surface area contributed by atoms with Gasteiger partial charge >= 0.3 is 5.97 Å². The van der Waals surface area contributed by atoms with Gasteiger partial charge in [0.15, 0.2) is 0 Å². The van der Waals surface area contributed by atoms with Gasteiger partial charge in [0.1, 0.15) is 6.61 Å². The molecule has 0 saturated heterocycles. The van der Waals surface area contributed by atoms with Gasteiger partial charge < -0.3 is 15.2 Å². The number of carbonyl (C=O) groups is 2. The summed E-state index contributed by atoms with van der Waals surface area (Å²) in [6.07, 6.45) is 0.894. The Morgan fingerprint density at radius 1 is 1.33 bits per heavy atom. The van der Waals surface area contributed by atoms with Crippen LogP contribution in [-0.4, -0.2) is 29.7 Å². The predicted octanol–water partition coefficient (Wildman–Crippen LogP) is 2.14. The van der Waals surface area contributed by atoms with E-state index in [9.17, 15) is 9.59 Å². The normalized spacial score (nSPS) is 11.9. The van der Waals surface area contributed by atoms with Crippen LogP contribution in [0.15, 0.2) is 24.3 Å². The first-order valence-electron chi connectivity index (χ1n) is 5.77. The van der Waals surface area contributed by atoms with Gasteiger partial charge in [-0.3, -0.25) is 4.79 Å². The largest absolute Gasteiger partial charge is 0.478 e. The minimum Gasteiger partial charge on any atom is -0.478 e. The number of hydrogen-bond acceptors (Lipinski definition) is 3. The summed E-state index contributed by atoms with van der Waals surface area (Å²) >= 11 is 0. The lowest BCUT2D eigenvalue weighted by Crippen LogP contribution is -2.21. The SMILES string of the molecule is CCC(C)OCC(=O)Nc1ccc(C(=O)O)cc1. The van der Waals surface area contributed by atoms with Gasteiger partial charge in [0, 0.05) is 5.69 Å². The van der Waals surface area contributed by atoms with E-state index in [1.807, 2.05) is 13.8 Å². The number of carboxylic acid groups (broad SMARTS) is 1. The van der Waals surface area contributed by atoms with Crippen molar-refractivity contribution in [3.8, 4) is 0 Å². The molecule has 0 fully saturated rings. The lowest BCUT2D eigenvalue weighted by molar-refractivity contribution is -0.122. The second-order valence-electron chi connectivity index (χ2n) is 3.96. The number of hydrogen-bond donors (Lipinski definition) is 2. The number of aromatic carboxylic acids is 1. The maximum Gasteiger partial charge on any atom is 0.335 e. The average Bonchev–Trinajstić information content (AvgIpc) is 2.36. The molecule has 0 aromatic heterocycles. The fourth-order valence-electron chi connectivity index (χ4n) is 1.23. The molecule has 0 bridgehead atoms. The molecule has 0 spiro atoms. The van der Waals surface area contributed by atoms with Crippen LogP contribution in [0, 0.1) is 0 Å². The van der Waals surface area contributed by atoms with E-state index in [-0.39, 0.29) is 24.2 Å². The van der Waals surface area contributed by atoms with E-state index in [1.54, 1.807) is 12.1 Å². The zero-order chi connectivity index (χ0) is 13.5. The van der Waals surface area contributed by atoms with Gasteiger partial charge in [0.25, 0.3) is 0 Å². The van der Waals surface area contributed by atoms with Gasteiger partial charge in [0.2, 0.25) is 5.91 Å². The first-order chi connectivity index (χ1) is 8.52. The summed E-state index contributed by atoms with van der Waals surface area (Å²) in [4.78, 5) is 22.1. The Bertz CT molecular complexity index is 414. The molecular formula is C13H17NO4.